The van der Waals surface area contributed by atoms with Crippen molar-refractivity contribution in [3.05, 3.63) is 57.4 Å². The largest absolute Gasteiger partial charge is 0.357 e. The Kier molecular flexibility index (Phi) is 4.80. The van der Waals surface area contributed by atoms with Crippen molar-refractivity contribution in [3.63, 3.8) is 0 Å². The molecule has 5 rings (SSSR count). The second-order valence-electron chi connectivity index (χ2n) is 9.44. The molecule has 3 aromatic rings. The van der Waals surface area contributed by atoms with E-state index in [1.807, 2.05) is 11.3 Å². The van der Waals surface area contributed by atoms with E-state index in [4.69, 9.17) is 0 Å². The number of H-pyrrole nitrogens is 1. The predicted octanol–water partition coefficient (Wildman–Crippen LogP) is 5.08. The maximum absolute atomic E-state index is 14.8. The Bertz CT molecular complexity index is 1010. The average Bonchev–Trinajstić information content (AvgIpc) is 3.22. The number of nitrogens with zero attached hydrogens (tertiary/aromatic N) is 1. The van der Waals surface area contributed by atoms with Gasteiger partial charge in [-0.15, -0.1) is 11.3 Å². The molecule has 0 amide bonds. The average molecular weight is 412 g/mol. The normalized spacial score (nSPS) is 23.3. The highest BCUT2D eigenvalue weighted by Crippen LogP contribution is 2.43. The van der Waals surface area contributed by atoms with Gasteiger partial charge < -0.3 is 10.3 Å². The summed E-state index contributed by atoms with van der Waals surface area (Å²) in [5.74, 6) is 0.760. The summed E-state index contributed by atoms with van der Waals surface area (Å²) in [4.78, 5) is 8.85. The lowest BCUT2D eigenvalue weighted by molar-refractivity contribution is 0.0679. The molecule has 1 aromatic carbocycles. The van der Waals surface area contributed by atoms with Crippen LogP contribution in [0.1, 0.15) is 47.8 Å². The van der Waals surface area contributed by atoms with Crippen molar-refractivity contribution in [2.45, 2.75) is 51.4 Å². The molecule has 2 aliphatic rings. The first-order valence-electron chi connectivity index (χ1n) is 10.7. The Morgan fingerprint density at radius 2 is 1.97 bits per heavy atom. The number of rotatable bonds is 5. The minimum absolute atomic E-state index is 0.0921. The SMILES string of the molecule is C[C@@H]1Cc2c([nH]c3ccccc23)[C@@H](c2ccc(CC3CNC3)s2)N1CC(C)(C)F. The monoisotopic (exact) mass is 411 g/mol. The van der Waals surface area contributed by atoms with Gasteiger partial charge >= 0.3 is 0 Å². The van der Waals surface area contributed by atoms with E-state index in [1.54, 1.807) is 13.8 Å². The number of nitrogens with one attached hydrogen (secondary N) is 2. The van der Waals surface area contributed by atoms with Gasteiger partial charge in [0, 0.05) is 38.9 Å². The molecule has 2 aliphatic heterocycles. The van der Waals surface area contributed by atoms with Crippen LogP contribution in [-0.4, -0.2) is 41.2 Å². The standard InChI is InChI=1S/C24H30FN3S/c1-15-10-19-18-6-4-5-7-20(18)27-22(19)23(28(15)14-24(2,3)25)21-9-8-17(29-21)11-16-12-26-13-16/h4-9,15-16,23,26-27H,10-14H2,1-3H3/t15-,23-/m1/s1. The first-order valence-corrected chi connectivity index (χ1v) is 11.5. The minimum atomic E-state index is -1.23. The minimum Gasteiger partial charge on any atom is -0.357 e. The van der Waals surface area contributed by atoms with Crippen LogP contribution in [-0.2, 0) is 12.8 Å². The Hall–Kier alpha value is -1.69. The topological polar surface area (TPSA) is 31.1 Å². The molecule has 0 radical (unpaired) electrons. The van der Waals surface area contributed by atoms with Gasteiger partial charge in [-0.1, -0.05) is 18.2 Å². The van der Waals surface area contributed by atoms with E-state index in [9.17, 15) is 4.39 Å². The van der Waals surface area contributed by atoms with Crippen LogP contribution in [0.15, 0.2) is 36.4 Å². The number of para-hydroxylation sites is 1. The van der Waals surface area contributed by atoms with Crippen molar-refractivity contribution in [2.24, 2.45) is 5.92 Å². The fourth-order valence-corrected chi connectivity index (χ4v) is 6.18. The summed E-state index contributed by atoms with van der Waals surface area (Å²) >= 11 is 1.91. The van der Waals surface area contributed by atoms with Gasteiger partial charge in [0.15, 0.2) is 0 Å². The van der Waals surface area contributed by atoms with Crippen molar-refractivity contribution in [1.82, 2.24) is 15.2 Å². The third-order valence-electron chi connectivity index (χ3n) is 6.38. The molecule has 154 valence electrons. The van der Waals surface area contributed by atoms with Crippen LogP contribution < -0.4 is 5.32 Å². The molecule has 0 unspecified atom stereocenters. The molecular weight excluding hydrogens is 381 g/mol. The van der Waals surface area contributed by atoms with Gasteiger partial charge in [-0.25, -0.2) is 4.39 Å². The number of hydrogen-bond acceptors (Lipinski definition) is 3. The second kappa shape index (κ2) is 7.22. The number of aromatic nitrogens is 1. The lowest BCUT2D eigenvalue weighted by Gasteiger charge is -2.42. The van der Waals surface area contributed by atoms with E-state index in [0.29, 0.717) is 12.6 Å². The lowest BCUT2D eigenvalue weighted by atomic mass is 9.90. The summed E-state index contributed by atoms with van der Waals surface area (Å²) in [6.45, 7) is 8.33. The molecule has 3 nitrogen and oxygen atoms in total. The van der Waals surface area contributed by atoms with Crippen molar-refractivity contribution in [1.29, 1.82) is 0 Å². The quantitative estimate of drug-likeness (QED) is 0.614. The van der Waals surface area contributed by atoms with Crippen LogP contribution in [0.25, 0.3) is 10.9 Å². The molecule has 1 saturated heterocycles. The zero-order chi connectivity index (χ0) is 20.2. The highest BCUT2D eigenvalue weighted by molar-refractivity contribution is 7.12. The second-order valence-corrected chi connectivity index (χ2v) is 10.6. The zero-order valence-corrected chi connectivity index (χ0v) is 18.3. The molecule has 2 aromatic heterocycles. The smallest absolute Gasteiger partial charge is 0.118 e. The summed E-state index contributed by atoms with van der Waals surface area (Å²) in [5.41, 5.74) is 2.62. The first kappa shape index (κ1) is 19.3. The van der Waals surface area contributed by atoms with E-state index in [-0.39, 0.29) is 6.04 Å². The molecule has 29 heavy (non-hydrogen) atoms. The molecule has 5 heteroatoms. The van der Waals surface area contributed by atoms with E-state index < -0.39 is 5.67 Å². The number of thiophene rings is 1. The maximum Gasteiger partial charge on any atom is 0.118 e. The van der Waals surface area contributed by atoms with Crippen LogP contribution in [0.5, 0.6) is 0 Å². The molecule has 1 fully saturated rings. The molecular formula is C24H30FN3S. The fourth-order valence-electron chi connectivity index (χ4n) is 4.92. The number of benzene rings is 1. The molecule has 2 atom stereocenters. The summed E-state index contributed by atoms with van der Waals surface area (Å²) in [6, 6.07) is 13.5. The number of hydrogen-bond donors (Lipinski definition) is 2. The van der Waals surface area contributed by atoms with Gasteiger partial charge in [-0.2, -0.15) is 0 Å². The van der Waals surface area contributed by atoms with Gasteiger partial charge in [-0.05, 0) is 76.4 Å². The van der Waals surface area contributed by atoms with Gasteiger partial charge in [0.05, 0.1) is 6.04 Å². The van der Waals surface area contributed by atoms with Gasteiger partial charge in [0.2, 0.25) is 0 Å². The molecule has 0 saturated carbocycles. The number of halogens is 1. The Labute approximate surface area is 176 Å². The van der Waals surface area contributed by atoms with E-state index in [2.05, 4.69) is 58.5 Å². The third kappa shape index (κ3) is 3.65. The lowest BCUT2D eigenvalue weighted by Crippen LogP contribution is -2.47. The molecule has 0 aliphatic carbocycles. The number of aromatic amines is 1. The Balaban J connectivity index is 1.58. The van der Waals surface area contributed by atoms with Crippen LogP contribution >= 0.6 is 11.3 Å². The Morgan fingerprint density at radius 1 is 1.17 bits per heavy atom. The number of fused-ring (bicyclic) bond motifs is 3. The third-order valence-corrected chi connectivity index (χ3v) is 7.54. The summed E-state index contributed by atoms with van der Waals surface area (Å²) in [6.07, 6.45) is 2.10. The maximum atomic E-state index is 14.8. The van der Waals surface area contributed by atoms with Crippen molar-refractivity contribution >= 4 is 22.2 Å². The van der Waals surface area contributed by atoms with Crippen LogP contribution in [0, 0.1) is 5.92 Å². The summed E-state index contributed by atoms with van der Waals surface area (Å²) in [7, 11) is 0. The van der Waals surface area contributed by atoms with Crippen LogP contribution in [0.2, 0.25) is 0 Å². The predicted molar refractivity (Wildman–Crippen MR) is 120 cm³/mol. The van der Waals surface area contributed by atoms with Crippen molar-refractivity contribution in [3.8, 4) is 0 Å². The highest BCUT2D eigenvalue weighted by Gasteiger charge is 2.39. The van der Waals surface area contributed by atoms with Gasteiger partial charge in [0.1, 0.15) is 5.67 Å². The number of alkyl halides is 1. The van der Waals surface area contributed by atoms with Crippen molar-refractivity contribution in [2.75, 3.05) is 19.6 Å². The molecule has 0 bridgehead atoms. The van der Waals surface area contributed by atoms with E-state index in [0.717, 1.165) is 31.8 Å². The van der Waals surface area contributed by atoms with Crippen LogP contribution in [0.3, 0.4) is 0 Å². The summed E-state index contributed by atoms with van der Waals surface area (Å²) < 4.78 is 14.8. The highest BCUT2D eigenvalue weighted by atomic mass is 32.1. The van der Waals surface area contributed by atoms with Gasteiger partial charge in [0.25, 0.3) is 0 Å². The fraction of sp³-hybridized carbons (Fsp3) is 0.500. The van der Waals surface area contributed by atoms with Crippen LogP contribution in [0.4, 0.5) is 4.39 Å². The first-order chi connectivity index (χ1) is 13.9. The van der Waals surface area contributed by atoms with Gasteiger partial charge in [-0.3, -0.25) is 4.90 Å². The van der Waals surface area contributed by atoms with E-state index >= 15 is 0 Å². The van der Waals surface area contributed by atoms with E-state index in [1.165, 1.54) is 31.9 Å². The Morgan fingerprint density at radius 3 is 2.69 bits per heavy atom. The molecule has 0 spiro atoms. The zero-order valence-electron chi connectivity index (χ0n) is 17.5. The molecule has 4 heterocycles. The van der Waals surface area contributed by atoms with Crippen molar-refractivity contribution < 1.29 is 4.39 Å². The molecule has 2 N–H and O–H groups in total. The summed E-state index contributed by atoms with van der Waals surface area (Å²) in [5, 5.41) is 4.68.